The van der Waals surface area contributed by atoms with Crippen molar-refractivity contribution in [3.8, 4) is 11.5 Å². The first-order valence-corrected chi connectivity index (χ1v) is 9.78. The number of amides is 1. The van der Waals surface area contributed by atoms with Gasteiger partial charge >= 0.3 is 0 Å². The maximum atomic E-state index is 12.1. The summed E-state index contributed by atoms with van der Waals surface area (Å²) >= 11 is 3.41. The van der Waals surface area contributed by atoms with E-state index in [2.05, 4.69) is 52.9 Å². The first-order chi connectivity index (χ1) is 13.4. The Labute approximate surface area is 174 Å². The van der Waals surface area contributed by atoms with Crippen LogP contribution in [0.5, 0.6) is 11.5 Å². The molecule has 2 rings (SSSR count). The molecule has 2 aromatic rings. The van der Waals surface area contributed by atoms with Crippen molar-refractivity contribution in [1.29, 1.82) is 0 Å². The van der Waals surface area contributed by atoms with Gasteiger partial charge in [-0.3, -0.25) is 4.79 Å². The summed E-state index contributed by atoms with van der Waals surface area (Å²) in [7, 11) is 0. The van der Waals surface area contributed by atoms with Gasteiger partial charge in [0, 0.05) is 10.0 Å². The van der Waals surface area contributed by atoms with E-state index in [1.165, 1.54) is 11.8 Å². The zero-order valence-corrected chi connectivity index (χ0v) is 18.0. The van der Waals surface area contributed by atoms with Crippen molar-refractivity contribution in [3.05, 3.63) is 70.2 Å². The summed E-state index contributed by atoms with van der Waals surface area (Å²) in [6, 6.07) is 11.6. The molecule has 0 radical (unpaired) electrons. The maximum Gasteiger partial charge on any atom is 0.277 e. The third kappa shape index (κ3) is 6.53. The number of nitrogens with one attached hydrogen (secondary N) is 1. The molecule has 0 aliphatic carbocycles. The minimum Gasteiger partial charge on any atom is -0.489 e. The molecule has 0 unspecified atom stereocenters. The number of aryl methyl sites for hydroxylation is 1. The number of carbonyl (C=O) groups excluding carboxylic acids is 1. The number of benzene rings is 2. The lowest BCUT2D eigenvalue weighted by atomic mass is 10.0. The lowest BCUT2D eigenvalue weighted by molar-refractivity contribution is -0.123. The third-order valence-electron chi connectivity index (χ3n) is 3.96. The minimum absolute atomic E-state index is 0.113. The Hall–Kier alpha value is -2.60. The molecular formula is C22H25BrN2O3. The fourth-order valence-corrected chi connectivity index (χ4v) is 2.76. The zero-order valence-electron chi connectivity index (χ0n) is 16.4. The fraction of sp³-hybridized carbons (Fsp3) is 0.273. The molecule has 0 aromatic heterocycles. The van der Waals surface area contributed by atoms with Crippen molar-refractivity contribution >= 4 is 28.1 Å². The predicted molar refractivity (Wildman–Crippen MR) is 116 cm³/mol. The lowest BCUT2D eigenvalue weighted by Crippen LogP contribution is -2.24. The number of hydrogen-bond acceptors (Lipinski definition) is 4. The average molecular weight is 445 g/mol. The first kappa shape index (κ1) is 21.7. The van der Waals surface area contributed by atoms with Crippen molar-refractivity contribution in [2.24, 2.45) is 5.10 Å². The van der Waals surface area contributed by atoms with Crippen molar-refractivity contribution in [2.75, 3.05) is 13.2 Å². The second-order valence-electron chi connectivity index (χ2n) is 6.54. The van der Waals surface area contributed by atoms with Gasteiger partial charge in [0.1, 0.15) is 18.1 Å². The number of halogens is 1. The molecule has 0 atom stereocenters. The molecule has 28 heavy (non-hydrogen) atoms. The van der Waals surface area contributed by atoms with Gasteiger partial charge in [0.25, 0.3) is 5.91 Å². The Morgan fingerprint density at radius 3 is 2.71 bits per heavy atom. The van der Waals surface area contributed by atoms with Gasteiger partial charge in [0.05, 0.1) is 6.21 Å². The SMILES string of the molecule is C=CCOc1ccc(Br)cc1C=NNC(=O)COc1cc(C(C)C)ccc1C. The summed E-state index contributed by atoms with van der Waals surface area (Å²) in [4.78, 5) is 12.1. The molecule has 0 bridgehead atoms. The van der Waals surface area contributed by atoms with Gasteiger partial charge in [-0.2, -0.15) is 5.10 Å². The van der Waals surface area contributed by atoms with Crippen LogP contribution in [0.15, 0.2) is 58.6 Å². The van der Waals surface area contributed by atoms with E-state index >= 15 is 0 Å². The van der Waals surface area contributed by atoms with E-state index in [9.17, 15) is 4.79 Å². The van der Waals surface area contributed by atoms with Crippen molar-refractivity contribution in [1.82, 2.24) is 5.43 Å². The summed E-state index contributed by atoms with van der Waals surface area (Å²) in [5, 5.41) is 4.00. The highest BCUT2D eigenvalue weighted by molar-refractivity contribution is 9.10. The van der Waals surface area contributed by atoms with Crippen LogP contribution in [0.2, 0.25) is 0 Å². The molecule has 0 heterocycles. The summed E-state index contributed by atoms with van der Waals surface area (Å²) in [6.07, 6.45) is 3.20. The highest BCUT2D eigenvalue weighted by Gasteiger charge is 2.08. The number of nitrogens with zero attached hydrogens (tertiary/aromatic N) is 1. The zero-order chi connectivity index (χ0) is 20.5. The summed E-state index contributed by atoms with van der Waals surface area (Å²) < 4.78 is 12.1. The predicted octanol–water partition coefficient (Wildman–Crippen LogP) is 4.97. The van der Waals surface area contributed by atoms with Gasteiger partial charge < -0.3 is 9.47 Å². The molecule has 6 heteroatoms. The maximum absolute atomic E-state index is 12.1. The molecule has 0 fully saturated rings. The van der Waals surface area contributed by atoms with Gasteiger partial charge in [-0.1, -0.05) is 54.6 Å². The smallest absolute Gasteiger partial charge is 0.277 e. The Kier molecular flexibility index (Phi) is 8.26. The van der Waals surface area contributed by atoms with Crippen LogP contribution in [-0.2, 0) is 4.79 Å². The van der Waals surface area contributed by atoms with Crippen LogP contribution in [0.3, 0.4) is 0 Å². The lowest BCUT2D eigenvalue weighted by Gasteiger charge is -2.12. The number of hydrogen-bond donors (Lipinski definition) is 1. The van der Waals surface area contributed by atoms with Crippen LogP contribution in [0.1, 0.15) is 36.5 Å². The largest absolute Gasteiger partial charge is 0.489 e. The van der Waals surface area contributed by atoms with Crippen LogP contribution < -0.4 is 14.9 Å². The van der Waals surface area contributed by atoms with Gasteiger partial charge in [-0.05, 0) is 48.2 Å². The van der Waals surface area contributed by atoms with E-state index in [1.807, 2.05) is 37.3 Å². The van der Waals surface area contributed by atoms with Crippen LogP contribution in [0.4, 0.5) is 0 Å². The van der Waals surface area contributed by atoms with Crippen LogP contribution >= 0.6 is 15.9 Å². The topological polar surface area (TPSA) is 59.9 Å². The molecule has 148 valence electrons. The Balaban J connectivity index is 1.95. The van der Waals surface area contributed by atoms with Gasteiger partial charge in [0.15, 0.2) is 6.61 Å². The van der Waals surface area contributed by atoms with Crippen LogP contribution in [0, 0.1) is 6.92 Å². The summed E-state index contributed by atoms with van der Waals surface area (Å²) in [5.41, 5.74) is 5.36. The average Bonchev–Trinajstić information content (AvgIpc) is 2.66. The normalized spacial score (nSPS) is 10.9. The molecule has 0 spiro atoms. The van der Waals surface area contributed by atoms with Gasteiger partial charge in [0.2, 0.25) is 0 Å². The van der Waals surface area contributed by atoms with E-state index < -0.39 is 0 Å². The Morgan fingerprint density at radius 2 is 2.00 bits per heavy atom. The first-order valence-electron chi connectivity index (χ1n) is 8.99. The standard InChI is InChI=1S/C22H25BrN2O3/c1-5-10-27-20-9-8-19(23)11-18(20)13-24-25-22(26)14-28-21-12-17(15(2)3)7-6-16(21)4/h5-9,11-13,15H,1,10,14H2,2-4H3,(H,25,26). The summed E-state index contributed by atoms with van der Waals surface area (Å²) in [5.74, 6) is 1.41. The minimum atomic E-state index is -0.339. The Bertz CT molecular complexity index is 863. The number of rotatable bonds is 9. The Morgan fingerprint density at radius 1 is 1.21 bits per heavy atom. The molecule has 1 N–H and O–H groups in total. The molecule has 2 aromatic carbocycles. The number of ether oxygens (including phenoxy) is 2. The molecule has 5 nitrogen and oxygen atoms in total. The number of carbonyl (C=O) groups is 1. The molecule has 0 aliphatic rings. The van der Waals surface area contributed by atoms with Crippen molar-refractivity contribution in [3.63, 3.8) is 0 Å². The second-order valence-corrected chi connectivity index (χ2v) is 7.46. The monoisotopic (exact) mass is 444 g/mol. The van der Waals surface area contributed by atoms with Crippen LogP contribution in [0.25, 0.3) is 0 Å². The molecule has 1 amide bonds. The fourth-order valence-electron chi connectivity index (χ4n) is 2.38. The van der Waals surface area contributed by atoms with Gasteiger partial charge in [-0.15, -0.1) is 0 Å². The molecule has 0 saturated carbocycles. The second kappa shape index (κ2) is 10.7. The number of hydrazone groups is 1. The van der Waals surface area contributed by atoms with E-state index in [0.717, 1.165) is 15.6 Å². The molecule has 0 aliphatic heterocycles. The van der Waals surface area contributed by atoms with Crippen LogP contribution in [-0.4, -0.2) is 25.3 Å². The third-order valence-corrected chi connectivity index (χ3v) is 4.45. The molecule has 0 saturated heterocycles. The van der Waals surface area contributed by atoms with Crippen molar-refractivity contribution in [2.45, 2.75) is 26.7 Å². The van der Waals surface area contributed by atoms with E-state index in [-0.39, 0.29) is 12.5 Å². The highest BCUT2D eigenvalue weighted by Crippen LogP contribution is 2.24. The molecular weight excluding hydrogens is 420 g/mol. The quantitative estimate of drug-likeness (QED) is 0.337. The summed E-state index contributed by atoms with van der Waals surface area (Å²) in [6.45, 7) is 10.1. The van der Waals surface area contributed by atoms with E-state index in [4.69, 9.17) is 9.47 Å². The van der Waals surface area contributed by atoms with E-state index in [1.54, 1.807) is 6.08 Å². The van der Waals surface area contributed by atoms with Gasteiger partial charge in [-0.25, -0.2) is 5.43 Å². The van der Waals surface area contributed by atoms with Crippen molar-refractivity contribution < 1.29 is 14.3 Å². The van der Waals surface area contributed by atoms with E-state index in [0.29, 0.717) is 24.0 Å². The highest BCUT2D eigenvalue weighted by atomic mass is 79.9.